The predicted octanol–water partition coefficient (Wildman–Crippen LogP) is 2.37. The fraction of sp³-hybridized carbons (Fsp3) is 0.526. The standard InChI is InChI=1S/C19H24N4O3/c24-18(20-13-14-7-6-12-26-14)16-15-8-2-5-11-23(15)17(21-16)19(25)22-9-3-1-4-10-22/h6-7,12H,1-5,8-11,13H2,(H,20,24). The highest BCUT2D eigenvalue weighted by Crippen LogP contribution is 2.23. The summed E-state index contributed by atoms with van der Waals surface area (Å²) in [6.07, 6.45) is 7.63. The lowest BCUT2D eigenvalue weighted by molar-refractivity contribution is 0.0705. The summed E-state index contributed by atoms with van der Waals surface area (Å²) in [7, 11) is 0. The molecule has 0 unspecified atom stereocenters. The molecular formula is C19H24N4O3. The Balaban J connectivity index is 1.57. The third-order valence-corrected chi connectivity index (χ3v) is 5.17. The molecule has 2 amide bonds. The van der Waals surface area contributed by atoms with Gasteiger partial charge in [-0.1, -0.05) is 0 Å². The van der Waals surface area contributed by atoms with Crippen LogP contribution in [0.2, 0.25) is 0 Å². The Hall–Kier alpha value is -2.57. The van der Waals surface area contributed by atoms with Crippen molar-refractivity contribution in [3.8, 4) is 0 Å². The predicted molar refractivity (Wildman–Crippen MR) is 94.8 cm³/mol. The maximum Gasteiger partial charge on any atom is 0.289 e. The maximum absolute atomic E-state index is 12.9. The lowest BCUT2D eigenvalue weighted by Crippen LogP contribution is -2.37. The number of amides is 2. The number of hydrogen-bond acceptors (Lipinski definition) is 4. The van der Waals surface area contributed by atoms with E-state index in [2.05, 4.69) is 10.3 Å². The molecule has 7 heteroatoms. The molecule has 0 aliphatic carbocycles. The first-order valence-corrected chi connectivity index (χ1v) is 9.43. The monoisotopic (exact) mass is 356 g/mol. The fourth-order valence-corrected chi connectivity index (χ4v) is 3.79. The second-order valence-electron chi connectivity index (χ2n) is 6.95. The molecule has 4 heterocycles. The zero-order valence-corrected chi connectivity index (χ0v) is 14.9. The van der Waals surface area contributed by atoms with Crippen LogP contribution in [0.25, 0.3) is 0 Å². The molecule has 0 aromatic carbocycles. The number of hydrogen-bond donors (Lipinski definition) is 1. The van der Waals surface area contributed by atoms with Gasteiger partial charge in [-0.25, -0.2) is 4.98 Å². The number of carbonyl (C=O) groups is 2. The molecule has 138 valence electrons. The SMILES string of the molecule is O=C(NCc1ccco1)c1nc(C(=O)N2CCCCC2)n2c1CCCC2. The highest BCUT2D eigenvalue weighted by molar-refractivity contribution is 5.97. The van der Waals surface area contributed by atoms with Gasteiger partial charge in [-0.15, -0.1) is 0 Å². The summed E-state index contributed by atoms with van der Waals surface area (Å²) in [5.41, 5.74) is 1.27. The third-order valence-electron chi connectivity index (χ3n) is 5.17. The van der Waals surface area contributed by atoms with Gasteiger partial charge < -0.3 is 19.2 Å². The molecule has 4 rings (SSSR count). The summed E-state index contributed by atoms with van der Waals surface area (Å²) >= 11 is 0. The lowest BCUT2D eigenvalue weighted by Gasteiger charge is -2.27. The normalized spacial score (nSPS) is 17.0. The van der Waals surface area contributed by atoms with Crippen LogP contribution in [0.15, 0.2) is 22.8 Å². The first-order chi connectivity index (χ1) is 12.7. The summed E-state index contributed by atoms with van der Waals surface area (Å²) in [4.78, 5) is 32.0. The summed E-state index contributed by atoms with van der Waals surface area (Å²) in [6.45, 7) is 2.62. The van der Waals surface area contributed by atoms with Crippen molar-refractivity contribution in [2.45, 2.75) is 51.6 Å². The number of fused-ring (bicyclic) bond motifs is 1. The number of piperidine rings is 1. The molecule has 0 bridgehead atoms. The Morgan fingerprint density at radius 2 is 1.92 bits per heavy atom. The number of nitrogens with one attached hydrogen (secondary N) is 1. The summed E-state index contributed by atoms with van der Waals surface area (Å²) in [6, 6.07) is 3.60. The minimum Gasteiger partial charge on any atom is -0.467 e. The van der Waals surface area contributed by atoms with Crippen LogP contribution < -0.4 is 5.32 Å². The Morgan fingerprint density at radius 3 is 2.69 bits per heavy atom. The number of likely N-dealkylation sites (tertiary alicyclic amines) is 1. The van der Waals surface area contributed by atoms with Crippen LogP contribution in [-0.2, 0) is 19.5 Å². The molecule has 2 aliphatic heterocycles. The first-order valence-electron chi connectivity index (χ1n) is 9.43. The largest absolute Gasteiger partial charge is 0.467 e. The highest BCUT2D eigenvalue weighted by atomic mass is 16.3. The van der Waals surface area contributed by atoms with E-state index in [9.17, 15) is 9.59 Å². The van der Waals surface area contributed by atoms with Crippen LogP contribution in [0.3, 0.4) is 0 Å². The number of nitrogens with zero attached hydrogens (tertiary/aromatic N) is 3. The number of carbonyl (C=O) groups excluding carboxylic acids is 2. The zero-order chi connectivity index (χ0) is 17.9. The van der Waals surface area contributed by atoms with Crippen molar-refractivity contribution < 1.29 is 14.0 Å². The average molecular weight is 356 g/mol. The van der Waals surface area contributed by atoms with E-state index >= 15 is 0 Å². The van der Waals surface area contributed by atoms with Crippen molar-refractivity contribution in [3.63, 3.8) is 0 Å². The second-order valence-corrected chi connectivity index (χ2v) is 6.95. The van der Waals surface area contributed by atoms with Gasteiger partial charge in [0, 0.05) is 19.6 Å². The van der Waals surface area contributed by atoms with E-state index in [1.165, 1.54) is 6.42 Å². The minimum absolute atomic E-state index is 0.0436. The molecule has 2 aromatic rings. The molecule has 1 saturated heterocycles. The molecule has 26 heavy (non-hydrogen) atoms. The average Bonchev–Trinajstić information content (AvgIpc) is 3.34. The molecule has 0 atom stereocenters. The highest BCUT2D eigenvalue weighted by Gasteiger charge is 2.30. The Bertz CT molecular complexity index is 788. The molecule has 2 aliphatic rings. The van der Waals surface area contributed by atoms with Crippen LogP contribution in [0, 0.1) is 0 Å². The van der Waals surface area contributed by atoms with Crippen molar-refractivity contribution in [2.75, 3.05) is 13.1 Å². The van der Waals surface area contributed by atoms with Crippen molar-refractivity contribution >= 4 is 11.8 Å². The van der Waals surface area contributed by atoms with Gasteiger partial charge in [0.2, 0.25) is 0 Å². The maximum atomic E-state index is 12.9. The van der Waals surface area contributed by atoms with Gasteiger partial charge in [0.05, 0.1) is 18.5 Å². The molecule has 7 nitrogen and oxygen atoms in total. The number of rotatable bonds is 4. The lowest BCUT2D eigenvalue weighted by atomic mass is 10.1. The van der Waals surface area contributed by atoms with Crippen LogP contribution in [-0.4, -0.2) is 39.4 Å². The van der Waals surface area contributed by atoms with Gasteiger partial charge in [-0.3, -0.25) is 9.59 Å². The van der Waals surface area contributed by atoms with Gasteiger partial charge in [0.15, 0.2) is 5.82 Å². The van der Waals surface area contributed by atoms with E-state index in [-0.39, 0.29) is 11.8 Å². The van der Waals surface area contributed by atoms with Crippen molar-refractivity contribution in [3.05, 3.63) is 41.4 Å². The van der Waals surface area contributed by atoms with Crippen LogP contribution >= 0.6 is 0 Å². The summed E-state index contributed by atoms with van der Waals surface area (Å²) in [5.74, 6) is 0.823. The van der Waals surface area contributed by atoms with E-state index < -0.39 is 0 Å². The summed E-state index contributed by atoms with van der Waals surface area (Å²) < 4.78 is 7.21. The molecule has 0 radical (unpaired) electrons. The van der Waals surface area contributed by atoms with E-state index in [0.29, 0.717) is 23.8 Å². The molecule has 1 fully saturated rings. The minimum atomic E-state index is -0.246. The fourth-order valence-electron chi connectivity index (χ4n) is 3.79. The smallest absolute Gasteiger partial charge is 0.289 e. The number of imidazole rings is 1. The molecule has 2 aromatic heterocycles. The first kappa shape index (κ1) is 16.9. The zero-order valence-electron chi connectivity index (χ0n) is 14.9. The topological polar surface area (TPSA) is 80.4 Å². The van der Waals surface area contributed by atoms with Crippen molar-refractivity contribution in [1.82, 2.24) is 19.8 Å². The quantitative estimate of drug-likeness (QED) is 0.912. The Labute approximate surface area is 152 Å². The van der Waals surface area contributed by atoms with Gasteiger partial charge >= 0.3 is 0 Å². The van der Waals surface area contributed by atoms with E-state index in [0.717, 1.165) is 57.4 Å². The number of furan rings is 1. The van der Waals surface area contributed by atoms with E-state index in [1.54, 1.807) is 12.3 Å². The molecule has 0 saturated carbocycles. The Morgan fingerprint density at radius 1 is 1.12 bits per heavy atom. The van der Waals surface area contributed by atoms with Crippen molar-refractivity contribution in [2.24, 2.45) is 0 Å². The van der Waals surface area contributed by atoms with Crippen LogP contribution in [0.1, 0.15) is 64.7 Å². The van der Waals surface area contributed by atoms with Gasteiger partial charge in [0.25, 0.3) is 11.8 Å². The Kier molecular flexibility index (Phi) is 4.77. The van der Waals surface area contributed by atoms with Crippen LogP contribution in [0.5, 0.6) is 0 Å². The van der Waals surface area contributed by atoms with E-state index in [1.807, 2.05) is 15.5 Å². The molecule has 1 N–H and O–H groups in total. The number of aromatic nitrogens is 2. The molecule has 0 spiro atoms. The molecular weight excluding hydrogens is 332 g/mol. The van der Waals surface area contributed by atoms with Gasteiger partial charge in [-0.05, 0) is 50.7 Å². The summed E-state index contributed by atoms with van der Waals surface area (Å²) in [5, 5.41) is 2.85. The van der Waals surface area contributed by atoms with Gasteiger partial charge in [-0.2, -0.15) is 0 Å². The second kappa shape index (κ2) is 7.35. The van der Waals surface area contributed by atoms with Gasteiger partial charge in [0.1, 0.15) is 11.5 Å². The van der Waals surface area contributed by atoms with Crippen molar-refractivity contribution in [1.29, 1.82) is 0 Å². The van der Waals surface area contributed by atoms with Crippen LogP contribution in [0.4, 0.5) is 0 Å². The van der Waals surface area contributed by atoms with E-state index in [4.69, 9.17) is 4.42 Å². The third kappa shape index (κ3) is 3.25.